The smallest absolute Gasteiger partial charge is 0.324 e. The molecule has 1 spiro atoms. The minimum Gasteiger partial charge on any atom is -0.375 e. The van der Waals surface area contributed by atoms with Crippen LogP contribution < -0.4 is 9.80 Å². The first-order valence-electron chi connectivity index (χ1n) is 9.32. The summed E-state index contributed by atoms with van der Waals surface area (Å²) in [7, 11) is 0. The van der Waals surface area contributed by atoms with Crippen LogP contribution >= 0.6 is 11.6 Å². The first-order valence-corrected chi connectivity index (χ1v) is 9.70. The molecule has 0 atom stereocenters. The van der Waals surface area contributed by atoms with E-state index in [0.717, 1.165) is 43.2 Å². The summed E-state index contributed by atoms with van der Waals surface area (Å²) < 4.78 is 18.6. The second kappa shape index (κ2) is 6.60. The van der Waals surface area contributed by atoms with E-state index in [9.17, 15) is 9.18 Å². The molecule has 1 aromatic heterocycles. The summed E-state index contributed by atoms with van der Waals surface area (Å²) >= 11 is 6.09. The van der Waals surface area contributed by atoms with E-state index in [0.29, 0.717) is 24.8 Å². The van der Waals surface area contributed by atoms with Gasteiger partial charge in [-0.1, -0.05) is 11.6 Å². The van der Waals surface area contributed by atoms with Gasteiger partial charge in [-0.25, -0.2) is 14.2 Å². The molecule has 5 rings (SSSR count). The van der Waals surface area contributed by atoms with Gasteiger partial charge in [0.2, 0.25) is 0 Å². The Labute approximate surface area is 167 Å². The number of carbonyl (C=O) groups excluding carboxylic acids is 1. The third-order valence-corrected chi connectivity index (χ3v) is 5.93. The maximum Gasteiger partial charge on any atom is 0.324 e. The minimum absolute atomic E-state index is 0.0121. The number of carbonyl (C=O) groups is 1. The summed E-state index contributed by atoms with van der Waals surface area (Å²) in [5.74, 6) is 0.453. The normalized spacial score (nSPS) is 20.3. The summed E-state index contributed by atoms with van der Waals surface area (Å²) in [4.78, 5) is 23.0. The zero-order chi connectivity index (χ0) is 19.3. The number of ether oxygens (including phenoxy) is 1. The summed E-state index contributed by atoms with van der Waals surface area (Å²) in [5.41, 5.74) is 1.93. The molecule has 1 aromatic carbocycles. The second-order valence-electron chi connectivity index (χ2n) is 7.81. The number of fused-ring (bicyclic) bond motifs is 1. The number of anilines is 2. The quantitative estimate of drug-likeness (QED) is 0.735. The summed E-state index contributed by atoms with van der Waals surface area (Å²) in [6.07, 6.45) is 1.24. The highest BCUT2D eigenvalue weighted by molar-refractivity contribution is 6.30. The fourth-order valence-corrected chi connectivity index (χ4v) is 4.53. The Bertz CT molecular complexity index is 909. The predicted molar refractivity (Wildman–Crippen MR) is 104 cm³/mol. The van der Waals surface area contributed by atoms with Crippen molar-refractivity contribution < 1.29 is 13.9 Å². The Hall–Kier alpha value is -2.38. The number of urea groups is 1. The molecule has 146 valence electrons. The van der Waals surface area contributed by atoms with Crippen molar-refractivity contribution in [2.45, 2.75) is 6.61 Å². The molecule has 2 fully saturated rings. The van der Waals surface area contributed by atoms with Gasteiger partial charge in [-0.2, -0.15) is 0 Å². The standard InChI is InChI=1S/C20H20ClFN4O2/c21-15-1-3-17-14(7-15)9-28-6-5-26(17)19(27)25-12-20(13-25)10-24(11-20)18-4-2-16(22)8-23-18/h1-4,7-8H,5-6,9-13H2. The second-order valence-corrected chi connectivity index (χ2v) is 8.24. The van der Waals surface area contributed by atoms with E-state index in [-0.39, 0.29) is 17.3 Å². The molecule has 0 aliphatic carbocycles. The molecule has 2 aromatic rings. The first kappa shape index (κ1) is 17.7. The van der Waals surface area contributed by atoms with Crippen LogP contribution in [0.5, 0.6) is 0 Å². The summed E-state index contributed by atoms with van der Waals surface area (Å²) in [6, 6.07) is 8.70. The molecule has 0 unspecified atom stereocenters. The van der Waals surface area contributed by atoms with Gasteiger partial charge in [0, 0.05) is 42.2 Å². The third kappa shape index (κ3) is 2.99. The van der Waals surface area contributed by atoms with Crippen LogP contribution in [0.3, 0.4) is 0 Å². The van der Waals surface area contributed by atoms with Crippen molar-refractivity contribution in [3.8, 4) is 0 Å². The molecule has 0 saturated carbocycles. The minimum atomic E-state index is -0.331. The first-order chi connectivity index (χ1) is 13.5. The molecule has 6 nitrogen and oxygen atoms in total. The van der Waals surface area contributed by atoms with Gasteiger partial charge >= 0.3 is 6.03 Å². The molecule has 3 aliphatic rings. The zero-order valence-corrected chi connectivity index (χ0v) is 16.0. The number of amides is 2. The molecule has 2 amide bonds. The molecule has 8 heteroatoms. The molecule has 0 N–H and O–H groups in total. The van der Waals surface area contributed by atoms with Crippen LogP contribution in [0.1, 0.15) is 5.56 Å². The number of pyridine rings is 1. The Morgan fingerprint density at radius 2 is 2.00 bits per heavy atom. The van der Waals surface area contributed by atoms with E-state index in [1.54, 1.807) is 11.0 Å². The molecule has 4 heterocycles. The lowest BCUT2D eigenvalue weighted by molar-refractivity contribution is 0.00938. The summed E-state index contributed by atoms with van der Waals surface area (Å²) in [5, 5.41) is 0.642. The lowest BCUT2D eigenvalue weighted by atomic mass is 9.73. The number of halogens is 2. The van der Waals surface area contributed by atoms with Crippen LogP contribution in [-0.2, 0) is 11.3 Å². The molecule has 0 radical (unpaired) electrons. The van der Waals surface area contributed by atoms with Crippen LogP contribution in [0.2, 0.25) is 5.02 Å². The molecular weight excluding hydrogens is 383 g/mol. The van der Waals surface area contributed by atoms with Crippen LogP contribution in [0.25, 0.3) is 0 Å². The lowest BCUT2D eigenvalue weighted by Crippen LogP contribution is -2.74. The van der Waals surface area contributed by atoms with Crippen LogP contribution in [-0.4, -0.2) is 55.2 Å². The Balaban J connectivity index is 1.24. The number of likely N-dealkylation sites (tertiary alicyclic amines) is 1. The maximum atomic E-state index is 13.1. The predicted octanol–water partition coefficient (Wildman–Crippen LogP) is 3.15. The van der Waals surface area contributed by atoms with Gasteiger partial charge in [0.1, 0.15) is 11.6 Å². The number of hydrogen-bond acceptors (Lipinski definition) is 4. The Kier molecular flexibility index (Phi) is 4.17. The van der Waals surface area contributed by atoms with E-state index in [1.165, 1.54) is 12.3 Å². The molecule has 28 heavy (non-hydrogen) atoms. The van der Waals surface area contributed by atoms with Crippen LogP contribution in [0.4, 0.5) is 20.7 Å². The molecule has 0 bridgehead atoms. The fourth-order valence-electron chi connectivity index (χ4n) is 4.34. The largest absolute Gasteiger partial charge is 0.375 e. The number of hydrogen-bond donors (Lipinski definition) is 0. The van der Waals surface area contributed by atoms with Crippen LogP contribution in [0.15, 0.2) is 36.5 Å². The highest BCUT2D eigenvalue weighted by Gasteiger charge is 2.54. The lowest BCUT2D eigenvalue weighted by Gasteiger charge is -2.60. The van der Waals surface area contributed by atoms with Gasteiger partial charge < -0.3 is 14.5 Å². The number of rotatable bonds is 1. The number of nitrogens with zero attached hydrogens (tertiary/aromatic N) is 4. The monoisotopic (exact) mass is 402 g/mol. The Morgan fingerprint density at radius 1 is 1.18 bits per heavy atom. The highest BCUT2D eigenvalue weighted by atomic mass is 35.5. The number of benzene rings is 1. The van der Waals surface area contributed by atoms with E-state index in [2.05, 4.69) is 9.88 Å². The van der Waals surface area contributed by atoms with Crippen molar-refractivity contribution in [3.63, 3.8) is 0 Å². The topological polar surface area (TPSA) is 48.9 Å². The molecule has 3 aliphatic heterocycles. The SMILES string of the molecule is O=C(N1CC2(C1)CN(c1ccc(F)cn1)C2)N1CCOCc2cc(Cl)ccc21. The number of aromatic nitrogens is 1. The summed E-state index contributed by atoms with van der Waals surface area (Å²) in [6.45, 7) is 4.62. The van der Waals surface area contributed by atoms with Crippen LogP contribution in [0, 0.1) is 11.2 Å². The van der Waals surface area contributed by atoms with Crippen molar-refractivity contribution in [2.24, 2.45) is 5.41 Å². The van der Waals surface area contributed by atoms with Gasteiger partial charge in [0.25, 0.3) is 0 Å². The van der Waals surface area contributed by atoms with Crippen molar-refractivity contribution in [1.82, 2.24) is 9.88 Å². The Morgan fingerprint density at radius 3 is 2.75 bits per heavy atom. The van der Waals surface area contributed by atoms with Crippen molar-refractivity contribution in [3.05, 3.63) is 52.9 Å². The zero-order valence-electron chi connectivity index (χ0n) is 15.3. The highest BCUT2D eigenvalue weighted by Crippen LogP contribution is 2.42. The van der Waals surface area contributed by atoms with Gasteiger partial charge in [0.15, 0.2) is 0 Å². The van der Waals surface area contributed by atoms with Gasteiger partial charge in [-0.3, -0.25) is 4.90 Å². The van der Waals surface area contributed by atoms with E-state index in [1.807, 2.05) is 23.1 Å². The molecule has 2 saturated heterocycles. The van der Waals surface area contributed by atoms with Crippen molar-refractivity contribution in [1.29, 1.82) is 0 Å². The van der Waals surface area contributed by atoms with E-state index >= 15 is 0 Å². The molecular formula is C20H20ClFN4O2. The van der Waals surface area contributed by atoms with E-state index < -0.39 is 0 Å². The van der Waals surface area contributed by atoms with E-state index in [4.69, 9.17) is 16.3 Å². The van der Waals surface area contributed by atoms with Gasteiger partial charge in [-0.15, -0.1) is 0 Å². The average molecular weight is 403 g/mol. The van der Waals surface area contributed by atoms with Gasteiger partial charge in [-0.05, 0) is 30.3 Å². The average Bonchev–Trinajstić information content (AvgIpc) is 2.82. The third-order valence-electron chi connectivity index (χ3n) is 5.69. The van der Waals surface area contributed by atoms with Crippen molar-refractivity contribution >= 4 is 29.1 Å². The fraction of sp³-hybridized carbons (Fsp3) is 0.400. The maximum absolute atomic E-state index is 13.1. The van der Waals surface area contributed by atoms with Gasteiger partial charge in [0.05, 0.1) is 31.6 Å². The van der Waals surface area contributed by atoms with Crippen molar-refractivity contribution in [2.75, 3.05) is 49.1 Å².